The smallest absolute Gasteiger partial charge is 0.159 e. The van der Waals surface area contributed by atoms with E-state index in [4.69, 9.17) is 0 Å². The molecule has 24 heavy (non-hydrogen) atoms. The summed E-state index contributed by atoms with van der Waals surface area (Å²) in [6.45, 7) is 2.27. The normalized spacial score (nSPS) is 27.0. The zero-order valence-corrected chi connectivity index (χ0v) is 15.1. The van der Waals surface area contributed by atoms with Crippen LogP contribution in [-0.4, -0.2) is 0 Å². The Morgan fingerprint density at radius 2 is 1.54 bits per heavy atom. The van der Waals surface area contributed by atoms with Gasteiger partial charge in [-0.3, -0.25) is 0 Å². The molecule has 134 valence electrons. The maximum absolute atomic E-state index is 13.5. The van der Waals surface area contributed by atoms with Crippen LogP contribution < -0.4 is 0 Å². The fraction of sp³-hybridized carbons (Fsp3) is 0.727. The molecule has 3 rings (SSSR count). The molecule has 0 nitrogen and oxygen atoms in total. The monoisotopic (exact) mass is 334 g/mol. The lowest BCUT2D eigenvalue weighted by molar-refractivity contribution is 0.182. The van der Waals surface area contributed by atoms with Gasteiger partial charge in [0.1, 0.15) is 0 Å². The molecule has 1 aromatic rings. The van der Waals surface area contributed by atoms with E-state index < -0.39 is 11.6 Å². The van der Waals surface area contributed by atoms with Gasteiger partial charge < -0.3 is 0 Å². The summed E-state index contributed by atoms with van der Waals surface area (Å²) in [5.41, 5.74) is 2.10. The van der Waals surface area contributed by atoms with E-state index in [1.807, 2.05) is 0 Å². The largest absolute Gasteiger partial charge is 0.204 e. The van der Waals surface area contributed by atoms with Gasteiger partial charge in [0.25, 0.3) is 0 Å². The SMILES string of the molecule is CCCCCCC1CCC(C2CCc3cc(F)c(F)cc3C2)CC1. The zero-order valence-electron chi connectivity index (χ0n) is 15.1. The fourth-order valence-electron chi connectivity index (χ4n) is 4.99. The predicted molar refractivity (Wildman–Crippen MR) is 96.1 cm³/mol. The van der Waals surface area contributed by atoms with Crippen LogP contribution in [0.25, 0.3) is 0 Å². The number of aryl methyl sites for hydroxylation is 1. The second-order valence-electron chi connectivity index (χ2n) is 8.17. The van der Waals surface area contributed by atoms with Crippen LogP contribution >= 0.6 is 0 Å². The van der Waals surface area contributed by atoms with Crippen molar-refractivity contribution in [2.45, 2.75) is 84.0 Å². The third-order valence-corrected chi connectivity index (χ3v) is 6.53. The first-order valence-electron chi connectivity index (χ1n) is 10.1. The molecule has 0 N–H and O–H groups in total. The topological polar surface area (TPSA) is 0 Å². The Balaban J connectivity index is 1.48. The maximum Gasteiger partial charge on any atom is 0.159 e. The summed E-state index contributed by atoms with van der Waals surface area (Å²) in [7, 11) is 0. The highest BCUT2D eigenvalue weighted by atomic mass is 19.2. The number of hydrogen-bond donors (Lipinski definition) is 0. The van der Waals surface area contributed by atoms with E-state index in [9.17, 15) is 8.78 Å². The van der Waals surface area contributed by atoms with E-state index in [0.29, 0.717) is 5.92 Å². The molecule has 0 amide bonds. The van der Waals surface area contributed by atoms with Crippen molar-refractivity contribution in [1.82, 2.24) is 0 Å². The number of hydrogen-bond acceptors (Lipinski definition) is 0. The molecule has 1 saturated carbocycles. The van der Waals surface area contributed by atoms with Crippen LogP contribution in [-0.2, 0) is 12.8 Å². The van der Waals surface area contributed by atoms with E-state index in [0.717, 1.165) is 42.2 Å². The Morgan fingerprint density at radius 3 is 2.25 bits per heavy atom. The molecule has 0 saturated heterocycles. The number of fused-ring (bicyclic) bond motifs is 1. The maximum atomic E-state index is 13.5. The van der Waals surface area contributed by atoms with Gasteiger partial charge >= 0.3 is 0 Å². The molecule has 2 aliphatic carbocycles. The third kappa shape index (κ3) is 4.37. The number of benzene rings is 1. The Hall–Kier alpha value is -0.920. The molecule has 0 aromatic heterocycles. The van der Waals surface area contributed by atoms with Crippen molar-refractivity contribution in [2.24, 2.45) is 17.8 Å². The Kier molecular flexibility index (Phi) is 6.30. The van der Waals surface area contributed by atoms with Crippen molar-refractivity contribution in [3.05, 3.63) is 34.9 Å². The van der Waals surface area contributed by atoms with Crippen LogP contribution in [0.4, 0.5) is 8.78 Å². The van der Waals surface area contributed by atoms with Gasteiger partial charge in [-0.15, -0.1) is 0 Å². The lowest BCUT2D eigenvalue weighted by atomic mass is 9.69. The van der Waals surface area contributed by atoms with E-state index in [2.05, 4.69) is 6.92 Å². The first-order valence-corrected chi connectivity index (χ1v) is 10.1. The first kappa shape index (κ1) is 17.9. The molecule has 0 aliphatic heterocycles. The van der Waals surface area contributed by atoms with Gasteiger partial charge in [-0.2, -0.15) is 0 Å². The Labute approximate surface area is 146 Å². The molecular formula is C22H32F2. The lowest BCUT2D eigenvalue weighted by Crippen LogP contribution is -2.27. The average molecular weight is 334 g/mol. The number of halogens is 2. The molecule has 1 unspecified atom stereocenters. The van der Waals surface area contributed by atoms with E-state index >= 15 is 0 Å². The number of rotatable bonds is 6. The molecule has 1 aromatic carbocycles. The molecule has 0 radical (unpaired) electrons. The minimum absolute atomic E-state index is 0.676. The molecule has 2 heteroatoms. The average Bonchev–Trinajstić information content (AvgIpc) is 2.60. The quantitative estimate of drug-likeness (QED) is 0.499. The predicted octanol–water partition coefficient (Wildman–Crippen LogP) is 6.85. The van der Waals surface area contributed by atoms with Crippen molar-refractivity contribution >= 4 is 0 Å². The van der Waals surface area contributed by atoms with Gasteiger partial charge in [-0.25, -0.2) is 8.78 Å². The van der Waals surface area contributed by atoms with Crippen LogP contribution in [0.15, 0.2) is 12.1 Å². The van der Waals surface area contributed by atoms with E-state index in [1.54, 1.807) is 0 Å². The lowest BCUT2D eigenvalue weighted by Gasteiger charge is -2.36. The van der Waals surface area contributed by atoms with Crippen LogP contribution in [0.1, 0.15) is 82.3 Å². The van der Waals surface area contributed by atoms with Crippen LogP contribution in [0.3, 0.4) is 0 Å². The highest BCUT2D eigenvalue weighted by Gasteiger charge is 2.30. The molecular weight excluding hydrogens is 302 g/mol. The molecule has 1 atom stereocenters. The van der Waals surface area contributed by atoms with Gasteiger partial charge in [-0.05, 0) is 73.1 Å². The second-order valence-corrected chi connectivity index (χ2v) is 8.17. The molecule has 0 heterocycles. The van der Waals surface area contributed by atoms with Gasteiger partial charge in [-0.1, -0.05) is 51.9 Å². The fourth-order valence-corrected chi connectivity index (χ4v) is 4.99. The third-order valence-electron chi connectivity index (χ3n) is 6.53. The highest BCUT2D eigenvalue weighted by Crippen LogP contribution is 2.41. The summed E-state index contributed by atoms with van der Waals surface area (Å²) in [6.07, 6.45) is 15.4. The molecule has 0 bridgehead atoms. The van der Waals surface area contributed by atoms with Gasteiger partial charge in [0, 0.05) is 0 Å². The summed E-state index contributed by atoms with van der Waals surface area (Å²) in [5, 5.41) is 0. The summed E-state index contributed by atoms with van der Waals surface area (Å²) < 4.78 is 26.9. The van der Waals surface area contributed by atoms with E-state index in [-0.39, 0.29) is 0 Å². The summed E-state index contributed by atoms with van der Waals surface area (Å²) in [6, 6.07) is 2.88. The molecule has 2 aliphatic rings. The Bertz CT molecular complexity index is 529. The Morgan fingerprint density at radius 1 is 0.833 bits per heavy atom. The summed E-state index contributed by atoms with van der Waals surface area (Å²) in [4.78, 5) is 0. The summed E-state index contributed by atoms with van der Waals surface area (Å²) in [5.74, 6) is 1.07. The molecule has 1 fully saturated rings. The van der Waals surface area contributed by atoms with Crippen LogP contribution in [0.2, 0.25) is 0 Å². The van der Waals surface area contributed by atoms with Crippen LogP contribution in [0, 0.1) is 29.4 Å². The van der Waals surface area contributed by atoms with Gasteiger partial charge in [0.05, 0.1) is 0 Å². The van der Waals surface area contributed by atoms with Crippen LogP contribution in [0.5, 0.6) is 0 Å². The van der Waals surface area contributed by atoms with Crippen molar-refractivity contribution in [3.8, 4) is 0 Å². The minimum Gasteiger partial charge on any atom is -0.204 e. The van der Waals surface area contributed by atoms with Crippen molar-refractivity contribution in [2.75, 3.05) is 0 Å². The number of unbranched alkanes of at least 4 members (excludes halogenated alkanes) is 3. The van der Waals surface area contributed by atoms with Crippen molar-refractivity contribution in [1.29, 1.82) is 0 Å². The minimum atomic E-state index is -0.684. The standard InChI is InChI=1S/C22H32F2/c1-2-3-4-5-6-16-7-9-17(10-8-16)18-11-12-19-14-21(23)22(24)15-20(19)13-18/h14-18H,2-13H2,1H3. The first-order chi connectivity index (χ1) is 11.7. The molecule has 0 spiro atoms. The zero-order chi connectivity index (χ0) is 16.9. The van der Waals surface area contributed by atoms with Gasteiger partial charge in [0.15, 0.2) is 11.6 Å². The van der Waals surface area contributed by atoms with Crippen molar-refractivity contribution < 1.29 is 8.78 Å². The second kappa shape index (κ2) is 8.45. The van der Waals surface area contributed by atoms with Gasteiger partial charge in [0.2, 0.25) is 0 Å². The van der Waals surface area contributed by atoms with Crippen molar-refractivity contribution in [3.63, 3.8) is 0 Å². The highest BCUT2D eigenvalue weighted by molar-refractivity contribution is 5.31. The summed E-state index contributed by atoms with van der Waals surface area (Å²) >= 11 is 0. The van der Waals surface area contributed by atoms with E-state index in [1.165, 1.54) is 69.9 Å².